The predicted octanol–water partition coefficient (Wildman–Crippen LogP) is 8.17. The molecule has 0 N–H and O–H groups in total. The number of halogens is 1. The van der Waals surface area contributed by atoms with Crippen LogP contribution in [0.1, 0.15) is 96.6 Å². The topological polar surface area (TPSA) is 35.0 Å². The lowest BCUT2D eigenvalue weighted by molar-refractivity contribution is 0.248. The fraction of sp³-hybridized carbons (Fsp3) is 0.643. The average Bonchev–Trinajstić information content (AvgIpc) is 2.82. The Labute approximate surface area is 194 Å². The van der Waals surface area contributed by atoms with Gasteiger partial charge >= 0.3 is 0 Å². The highest BCUT2D eigenvalue weighted by atomic mass is 19.1. The molecule has 1 aliphatic carbocycles. The molecule has 3 nitrogen and oxygen atoms in total. The van der Waals surface area contributed by atoms with Gasteiger partial charge in [-0.25, -0.2) is 4.39 Å². The molecule has 0 atom stereocenters. The van der Waals surface area contributed by atoms with Crippen molar-refractivity contribution in [3.63, 3.8) is 0 Å². The molecule has 1 aromatic heterocycles. The molecule has 0 radical (unpaired) electrons. The van der Waals surface area contributed by atoms with Gasteiger partial charge in [0, 0.05) is 11.6 Å². The number of unbranched alkanes of at least 4 members (excludes halogenated alkanes) is 4. The zero-order valence-corrected chi connectivity index (χ0v) is 20.1. The van der Waals surface area contributed by atoms with E-state index in [-0.39, 0.29) is 5.82 Å². The summed E-state index contributed by atoms with van der Waals surface area (Å²) in [4.78, 5) is 0. The van der Waals surface area contributed by atoms with Gasteiger partial charge in [0.2, 0.25) is 0 Å². The SMILES string of the molecule is CCCCCCC1CCC(CCc2ccc(-c3ccc(OCCCC)cc3F)nn2)CC1. The highest BCUT2D eigenvalue weighted by molar-refractivity contribution is 5.60. The highest BCUT2D eigenvalue weighted by Gasteiger charge is 2.21. The Morgan fingerprint density at radius 3 is 2.25 bits per heavy atom. The summed E-state index contributed by atoms with van der Waals surface area (Å²) in [5.41, 5.74) is 2.06. The van der Waals surface area contributed by atoms with Gasteiger partial charge in [-0.05, 0) is 55.4 Å². The van der Waals surface area contributed by atoms with E-state index in [1.165, 1.54) is 70.3 Å². The lowest BCUT2D eigenvalue weighted by Gasteiger charge is -2.28. The summed E-state index contributed by atoms with van der Waals surface area (Å²) in [6.45, 7) is 5.00. The van der Waals surface area contributed by atoms with Crippen molar-refractivity contribution in [1.82, 2.24) is 10.2 Å². The fourth-order valence-electron chi connectivity index (χ4n) is 4.79. The monoisotopic (exact) mass is 440 g/mol. The number of hydrogen-bond donors (Lipinski definition) is 0. The summed E-state index contributed by atoms with van der Waals surface area (Å²) < 4.78 is 20.1. The molecule has 0 amide bonds. The van der Waals surface area contributed by atoms with Gasteiger partial charge in [0.15, 0.2) is 0 Å². The Morgan fingerprint density at radius 1 is 0.844 bits per heavy atom. The van der Waals surface area contributed by atoms with Crippen LogP contribution in [0.4, 0.5) is 4.39 Å². The largest absolute Gasteiger partial charge is 0.493 e. The van der Waals surface area contributed by atoms with Crippen LogP contribution < -0.4 is 4.74 Å². The summed E-state index contributed by atoms with van der Waals surface area (Å²) in [6, 6.07) is 8.89. The number of aromatic nitrogens is 2. The molecule has 0 unspecified atom stereocenters. The molecule has 2 aromatic rings. The van der Waals surface area contributed by atoms with Crippen molar-refractivity contribution in [2.75, 3.05) is 6.61 Å². The Morgan fingerprint density at radius 2 is 1.59 bits per heavy atom. The summed E-state index contributed by atoms with van der Waals surface area (Å²) in [7, 11) is 0. The smallest absolute Gasteiger partial charge is 0.136 e. The van der Waals surface area contributed by atoms with E-state index >= 15 is 0 Å². The lowest BCUT2D eigenvalue weighted by Crippen LogP contribution is -2.15. The van der Waals surface area contributed by atoms with Crippen molar-refractivity contribution in [2.45, 2.75) is 97.3 Å². The van der Waals surface area contributed by atoms with Crippen LogP contribution in [0.2, 0.25) is 0 Å². The maximum absolute atomic E-state index is 14.5. The van der Waals surface area contributed by atoms with Crippen molar-refractivity contribution in [1.29, 1.82) is 0 Å². The Kier molecular flexibility index (Phi) is 10.4. The first kappa shape index (κ1) is 24.7. The van der Waals surface area contributed by atoms with Gasteiger partial charge in [0.05, 0.1) is 18.0 Å². The zero-order chi connectivity index (χ0) is 22.6. The molecule has 32 heavy (non-hydrogen) atoms. The molecule has 1 fully saturated rings. The summed E-state index contributed by atoms with van der Waals surface area (Å²) in [5, 5.41) is 8.70. The van der Waals surface area contributed by atoms with Crippen LogP contribution in [0, 0.1) is 17.7 Å². The first-order valence-corrected chi connectivity index (χ1v) is 12.9. The Bertz CT molecular complexity index is 785. The second kappa shape index (κ2) is 13.5. The van der Waals surface area contributed by atoms with Gasteiger partial charge in [-0.1, -0.05) is 78.1 Å². The number of hydrogen-bond acceptors (Lipinski definition) is 3. The van der Waals surface area contributed by atoms with E-state index in [9.17, 15) is 4.39 Å². The van der Waals surface area contributed by atoms with E-state index in [0.29, 0.717) is 23.6 Å². The summed E-state index contributed by atoms with van der Waals surface area (Å²) in [5.74, 6) is 2.04. The molecule has 0 aliphatic heterocycles. The third-order valence-corrected chi connectivity index (χ3v) is 6.94. The van der Waals surface area contributed by atoms with Crippen molar-refractivity contribution in [3.05, 3.63) is 41.8 Å². The van der Waals surface area contributed by atoms with Crippen LogP contribution in [-0.4, -0.2) is 16.8 Å². The third kappa shape index (κ3) is 7.86. The third-order valence-electron chi connectivity index (χ3n) is 6.94. The molecule has 3 rings (SSSR count). The van der Waals surface area contributed by atoms with Crippen LogP contribution in [0.25, 0.3) is 11.3 Å². The maximum atomic E-state index is 14.5. The molecular weight excluding hydrogens is 399 g/mol. The van der Waals surface area contributed by atoms with E-state index in [0.717, 1.165) is 36.8 Å². The van der Waals surface area contributed by atoms with Gasteiger partial charge in [-0.3, -0.25) is 0 Å². The van der Waals surface area contributed by atoms with E-state index < -0.39 is 0 Å². The molecule has 1 aliphatic rings. The number of aryl methyl sites for hydroxylation is 1. The number of benzene rings is 1. The summed E-state index contributed by atoms with van der Waals surface area (Å²) >= 11 is 0. The van der Waals surface area contributed by atoms with E-state index in [4.69, 9.17) is 4.74 Å². The van der Waals surface area contributed by atoms with E-state index in [2.05, 4.69) is 24.0 Å². The van der Waals surface area contributed by atoms with Crippen LogP contribution in [-0.2, 0) is 6.42 Å². The number of rotatable bonds is 13. The molecule has 1 aromatic carbocycles. The number of ether oxygens (including phenoxy) is 1. The molecule has 176 valence electrons. The Hall–Kier alpha value is -1.97. The van der Waals surface area contributed by atoms with Crippen molar-refractivity contribution >= 4 is 0 Å². The minimum Gasteiger partial charge on any atom is -0.493 e. The number of nitrogens with zero attached hydrogens (tertiary/aromatic N) is 2. The quantitative estimate of drug-likeness (QED) is 0.295. The molecule has 4 heteroatoms. The van der Waals surface area contributed by atoms with Crippen molar-refractivity contribution in [2.24, 2.45) is 11.8 Å². The molecule has 0 spiro atoms. The second-order valence-electron chi connectivity index (χ2n) is 9.53. The van der Waals surface area contributed by atoms with Gasteiger partial charge in [-0.2, -0.15) is 10.2 Å². The molecule has 0 bridgehead atoms. The fourth-order valence-corrected chi connectivity index (χ4v) is 4.79. The van der Waals surface area contributed by atoms with Gasteiger partial charge < -0.3 is 4.74 Å². The van der Waals surface area contributed by atoms with Gasteiger partial charge in [-0.15, -0.1) is 0 Å². The zero-order valence-electron chi connectivity index (χ0n) is 20.1. The van der Waals surface area contributed by atoms with Crippen molar-refractivity contribution < 1.29 is 9.13 Å². The van der Waals surface area contributed by atoms with E-state index in [1.807, 2.05) is 18.2 Å². The maximum Gasteiger partial charge on any atom is 0.136 e. The highest BCUT2D eigenvalue weighted by Crippen LogP contribution is 2.34. The standard InChI is InChI=1S/C28H41FN2O/c1-3-5-7-8-9-22-10-12-23(13-11-22)14-15-24-16-19-28(31-30-24)26-18-17-25(21-27(26)29)32-20-6-4-2/h16-19,21-23H,3-15,20H2,1-2H3. The van der Waals surface area contributed by atoms with Gasteiger partial charge in [0.25, 0.3) is 0 Å². The van der Waals surface area contributed by atoms with Crippen LogP contribution in [0.5, 0.6) is 5.75 Å². The van der Waals surface area contributed by atoms with Crippen LogP contribution in [0.15, 0.2) is 30.3 Å². The average molecular weight is 441 g/mol. The van der Waals surface area contributed by atoms with E-state index in [1.54, 1.807) is 6.07 Å². The molecule has 1 heterocycles. The normalized spacial score (nSPS) is 18.6. The van der Waals surface area contributed by atoms with Crippen LogP contribution in [0.3, 0.4) is 0 Å². The molecule has 0 saturated heterocycles. The first-order chi connectivity index (χ1) is 15.7. The minimum atomic E-state index is -0.312. The second-order valence-corrected chi connectivity index (χ2v) is 9.53. The van der Waals surface area contributed by atoms with Gasteiger partial charge in [0.1, 0.15) is 11.6 Å². The van der Waals surface area contributed by atoms with Crippen LogP contribution >= 0.6 is 0 Å². The molecular formula is C28H41FN2O. The molecule has 1 saturated carbocycles. The lowest BCUT2D eigenvalue weighted by atomic mass is 9.78. The van der Waals surface area contributed by atoms with Crippen molar-refractivity contribution in [3.8, 4) is 17.0 Å². The Balaban J connectivity index is 1.42. The minimum absolute atomic E-state index is 0.312. The first-order valence-electron chi connectivity index (χ1n) is 12.9. The summed E-state index contributed by atoms with van der Waals surface area (Å²) in [6.07, 6.45) is 16.7. The predicted molar refractivity (Wildman–Crippen MR) is 130 cm³/mol.